The van der Waals surface area contributed by atoms with Gasteiger partial charge >= 0.3 is 0 Å². The molecule has 0 aliphatic carbocycles. The molecule has 4 heteroatoms. The Morgan fingerprint density at radius 2 is 2.12 bits per heavy atom. The van der Waals surface area contributed by atoms with Gasteiger partial charge in [0.15, 0.2) is 0 Å². The summed E-state index contributed by atoms with van der Waals surface area (Å²) in [4.78, 5) is 15.2. The highest BCUT2D eigenvalue weighted by Gasteiger charge is 2.32. The van der Waals surface area contributed by atoms with Crippen molar-refractivity contribution in [3.8, 4) is 0 Å². The number of hydrogen-bond acceptors (Lipinski definition) is 2. The minimum Gasteiger partial charge on any atom is -0.308 e. The molecule has 1 aliphatic rings. The van der Waals surface area contributed by atoms with Crippen LogP contribution in [0.15, 0.2) is 27.6 Å². The Hall–Kier alpha value is -0.480. The molecule has 0 aromatic heterocycles. The van der Waals surface area contributed by atoms with Crippen molar-refractivity contribution < 1.29 is 4.79 Å². The van der Waals surface area contributed by atoms with Crippen LogP contribution in [0.1, 0.15) is 20.8 Å². The lowest BCUT2D eigenvalue weighted by Crippen LogP contribution is -2.44. The minimum atomic E-state index is 0.00389. The number of carbonyl (C=O) groups is 1. The summed E-state index contributed by atoms with van der Waals surface area (Å²) in [5.74, 6) is 0.204. The third-order valence-electron chi connectivity index (χ3n) is 2.59. The molecule has 1 amide bonds. The van der Waals surface area contributed by atoms with E-state index in [0.717, 1.165) is 10.2 Å². The molecule has 1 aromatic carbocycles. The summed E-state index contributed by atoms with van der Waals surface area (Å²) >= 11 is 5.10. The molecule has 0 radical (unpaired) electrons. The van der Waals surface area contributed by atoms with Crippen molar-refractivity contribution in [1.82, 2.24) is 0 Å². The molecule has 86 valence electrons. The van der Waals surface area contributed by atoms with Crippen molar-refractivity contribution in [1.29, 1.82) is 0 Å². The second kappa shape index (κ2) is 4.41. The first-order valence-electron chi connectivity index (χ1n) is 5.30. The molecule has 16 heavy (non-hydrogen) atoms. The van der Waals surface area contributed by atoms with E-state index < -0.39 is 0 Å². The van der Waals surface area contributed by atoms with Gasteiger partial charge in [0.05, 0.1) is 10.9 Å². The van der Waals surface area contributed by atoms with Crippen molar-refractivity contribution >= 4 is 39.3 Å². The number of thioether (sulfide) groups is 1. The lowest BCUT2D eigenvalue weighted by molar-refractivity contribution is -0.118. The standard InChI is InChI=1S/C12H14BrNOS/c1-7(2)14-10-5-4-9(13)6-11(10)16-8(3)12(14)15/h4-8H,1-3H3. The number of anilines is 1. The maximum atomic E-state index is 12.1. The van der Waals surface area contributed by atoms with Crippen LogP contribution >= 0.6 is 27.7 Å². The Labute approximate surface area is 109 Å². The molecule has 1 atom stereocenters. The van der Waals surface area contributed by atoms with Gasteiger partial charge in [-0.1, -0.05) is 15.9 Å². The zero-order valence-corrected chi connectivity index (χ0v) is 11.9. The van der Waals surface area contributed by atoms with Crippen LogP contribution in [-0.4, -0.2) is 17.2 Å². The highest BCUT2D eigenvalue weighted by Crippen LogP contribution is 2.41. The van der Waals surface area contributed by atoms with E-state index in [2.05, 4.69) is 22.0 Å². The summed E-state index contributed by atoms with van der Waals surface area (Å²) in [7, 11) is 0. The predicted octanol–water partition coefficient (Wildman–Crippen LogP) is 3.68. The van der Waals surface area contributed by atoms with Crippen LogP contribution in [0, 0.1) is 0 Å². The normalized spacial score (nSPS) is 20.2. The molecule has 0 saturated heterocycles. The molecule has 2 nitrogen and oxygen atoms in total. The van der Waals surface area contributed by atoms with E-state index in [9.17, 15) is 4.79 Å². The topological polar surface area (TPSA) is 20.3 Å². The Balaban J connectivity index is 2.52. The number of rotatable bonds is 1. The Morgan fingerprint density at radius 1 is 1.44 bits per heavy atom. The summed E-state index contributed by atoms with van der Waals surface area (Å²) in [6, 6.07) is 6.28. The molecule has 0 bridgehead atoms. The van der Waals surface area contributed by atoms with Crippen molar-refractivity contribution in [3.63, 3.8) is 0 Å². The Bertz CT molecular complexity index is 433. The maximum Gasteiger partial charge on any atom is 0.240 e. The van der Waals surface area contributed by atoms with Gasteiger partial charge in [0.2, 0.25) is 5.91 Å². The average Bonchev–Trinajstić information content (AvgIpc) is 2.19. The summed E-state index contributed by atoms with van der Waals surface area (Å²) in [6.07, 6.45) is 0. The molecule has 2 rings (SSSR count). The van der Waals surface area contributed by atoms with Crippen molar-refractivity contribution in [3.05, 3.63) is 22.7 Å². The van der Waals surface area contributed by atoms with Crippen LogP contribution in [0.25, 0.3) is 0 Å². The maximum absolute atomic E-state index is 12.1. The number of benzene rings is 1. The summed E-state index contributed by atoms with van der Waals surface area (Å²) < 4.78 is 1.06. The third kappa shape index (κ3) is 2.00. The van der Waals surface area contributed by atoms with E-state index in [1.165, 1.54) is 4.90 Å². The zero-order chi connectivity index (χ0) is 11.9. The lowest BCUT2D eigenvalue weighted by atomic mass is 10.2. The van der Waals surface area contributed by atoms with Gasteiger partial charge in [-0.05, 0) is 39.0 Å². The number of nitrogens with zero attached hydrogens (tertiary/aromatic N) is 1. The fraction of sp³-hybridized carbons (Fsp3) is 0.417. The zero-order valence-electron chi connectivity index (χ0n) is 9.53. The van der Waals surface area contributed by atoms with E-state index >= 15 is 0 Å². The van der Waals surface area contributed by atoms with Crippen LogP contribution in [0.2, 0.25) is 0 Å². The second-order valence-corrected chi connectivity index (χ2v) is 6.47. The molecule has 0 saturated carbocycles. The van der Waals surface area contributed by atoms with Crippen LogP contribution in [0.5, 0.6) is 0 Å². The van der Waals surface area contributed by atoms with Gasteiger partial charge in [-0.2, -0.15) is 0 Å². The highest BCUT2D eigenvalue weighted by molar-refractivity contribution is 9.10. The molecule has 1 aromatic rings. The smallest absolute Gasteiger partial charge is 0.240 e. The average molecular weight is 300 g/mol. The molecule has 1 heterocycles. The summed E-state index contributed by atoms with van der Waals surface area (Å²) in [6.45, 7) is 6.06. The quantitative estimate of drug-likeness (QED) is 0.788. The highest BCUT2D eigenvalue weighted by atomic mass is 79.9. The largest absolute Gasteiger partial charge is 0.308 e. The van der Waals surface area contributed by atoms with Gasteiger partial charge in [-0.15, -0.1) is 11.8 Å². The van der Waals surface area contributed by atoms with Gasteiger partial charge in [0.1, 0.15) is 0 Å². The van der Waals surface area contributed by atoms with Gasteiger partial charge in [0.25, 0.3) is 0 Å². The van der Waals surface area contributed by atoms with Crippen LogP contribution < -0.4 is 4.90 Å². The van der Waals surface area contributed by atoms with Crippen molar-refractivity contribution in [2.45, 2.75) is 37.0 Å². The van der Waals surface area contributed by atoms with Crippen LogP contribution in [-0.2, 0) is 4.79 Å². The molecule has 1 unspecified atom stereocenters. The van der Waals surface area contributed by atoms with E-state index in [1.807, 2.05) is 37.8 Å². The van der Waals surface area contributed by atoms with Crippen LogP contribution in [0.4, 0.5) is 5.69 Å². The lowest BCUT2D eigenvalue weighted by Gasteiger charge is -2.35. The molecule has 0 spiro atoms. The SMILES string of the molecule is CC1Sc2cc(Br)ccc2N(C(C)C)C1=O. The number of fused-ring (bicyclic) bond motifs is 1. The van der Waals surface area contributed by atoms with Gasteiger partial charge in [-0.25, -0.2) is 0 Å². The van der Waals surface area contributed by atoms with Crippen molar-refractivity contribution in [2.24, 2.45) is 0 Å². The molecule has 0 fully saturated rings. The van der Waals surface area contributed by atoms with Gasteiger partial charge in [-0.3, -0.25) is 4.79 Å². The van der Waals surface area contributed by atoms with E-state index in [-0.39, 0.29) is 17.2 Å². The first-order valence-corrected chi connectivity index (χ1v) is 6.97. The molecular weight excluding hydrogens is 286 g/mol. The van der Waals surface area contributed by atoms with Gasteiger partial charge in [0, 0.05) is 15.4 Å². The fourth-order valence-corrected chi connectivity index (χ4v) is 3.46. The van der Waals surface area contributed by atoms with E-state index in [0.29, 0.717) is 0 Å². The summed E-state index contributed by atoms with van der Waals surface area (Å²) in [5.41, 5.74) is 1.03. The monoisotopic (exact) mass is 299 g/mol. The Kier molecular flexibility index (Phi) is 3.31. The number of hydrogen-bond donors (Lipinski definition) is 0. The first-order chi connectivity index (χ1) is 7.50. The van der Waals surface area contributed by atoms with Crippen molar-refractivity contribution in [2.75, 3.05) is 4.90 Å². The summed E-state index contributed by atoms with van der Waals surface area (Å²) in [5, 5.41) is 0.00389. The minimum absolute atomic E-state index is 0.00389. The molecule has 0 N–H and O–H groups in total. The molecule has 1 aliphatic heterocycles. The predicted molar refractivity (Wildman–Crippen MR) is 72.1 cm³/mol. The second-order valence-electron chi connectivity index (χ2n) is 4.17. The Morgan fingerprint density at radius 3 is 2.75 bits per heavy atom. The third-order valence-corrected chi connectivity index (χ3v) is 4.22. The first kappa shape index (κ1) is 12.0. The number of carbonyl (C=O) groups excluding carboxylic acids is 1. The molecular formula is C12H14BrNOS. The fourth-order valence-electron chi connectivity index (χ4n) is 1.87. The van der Waals surface area contributed by atoms with E-state index in [1.54, 1.807) is 11.8 Å². The van der Waals surface area contributed by atoms with Gasteiger partial charge < -0.3 is 4.90 Å². The van der Waals surface area contributed by atoms with Crippen LogP contribution in [0.3, 0.4) is 0 Å². The number of halogens is 1. The number of amides is 1. The van der Waals surface area contributed by atoms with E-state index in [4.69, 9.17) is 0 Å².